The second kappa shape index (κ2) is 8.26. The Labute approximate surface area is 175 Å². The molecule has 7 nitrogen and oxygen atoms in total. The monoisotopic (exact) mass is 406 g/mol. The van der Waals surface area contributed by atoms with E-state index in [9.17, 15) is 9.59 Å². The van der Waals surface area contributed by atoms with Crippen molar-refractivity contribution in [2.45, 2.75) is 58.6 Å². The summed E-state index contributed by atoms with van der Waals surface area (Å²) in [5, 5.41) is 7.78. The molecule has 0 saturated heterocycles. The first-order valence-corrected chi connectivity index (χ1v) is 10.4. The summed E-state index contributed by atoms with van der Waals surface area (Å²) in [6.07, 6.45) is 4.42. The normalized spacial score (nSPS) is 14.4. The molecule has 2 aromatic heterocycles. The van der Waals surface area contributed by atoms with E-state index in [2.05, 4.69) is 10.4 Å². The summed E-state index contributed by atoms with van der Waals surface area (Å²) in [7, 11) is 0. The number of esters is 1. The molecule has 1 aromatic carbocycles. The van der Waals surface area contributed by atoms with Gasteiger partial charge in [0.2, 0.25) is 0 Å². The number of ether oxygens (including phenoxy) is 1. The van der Waals surface area contributed by atoms with Gasteiger partial charge in [0.1, 0.15) is 5.82 Å². The average molecular weight is 406 g/mol. The van der Waals surface area contributed by atoms with E-state index in [0.717, 1.165) is 47.8 Å². The molecule has 0 aliphatic heterocycles. The van der Waals surface area contributed by atoms with Crippen molar-refractivity contribution < 1.29 is 14.3 Å². The molecule has 1 N–H and O–H groups in total. The van der Waals surface area contributed by atoms with Crippen LogP contribution >= 0.6 is 0 Å². The lowest BCUT2D eigenvalue weighted by Crippen LogP contribution is -2.31. The Morgan fingerprint density at radius 2 is 1.87 bits per heavy atom. The highest BCUT2D eigenvalue weighted by Crippen LogP contribution is 2.30. The first-order chi connectivity index (χ1) is 14.5. The molecular weight excluding hydrogens is 380 g/mol. The summed E-state index contributed by atoms with van der Waals surface area (Å²) >= 11 is 0. The second-order valence-electron chi connectivity index (χ2n) is 7.93. The number of aryl methyl sites for hydroxylation is 1. The Morgan fingerprint density at radius 1 is 1.10 bits per heavy atom. The molecule has 1 amide bonds. The zero-order valence-electron chi connectivity index (χ0n) is 17.5. The SMILES string of the molecule is CC(C)n1nccc1NC(=O)[C@@H](C)OC(=O)c1c2c(nc3ccccc13)CCCC2. The van der Waals surface area contributed by atoms with Gasteiger partial charge in [-0.25, -0.2) is 9.48 Å². The molecule has 1 aliphatic carbocycles. The number of para-hydroxylation sites is 1. The van der Waals surface area contributed by atoms with Crippen LogP contribution in [0.2, 0.25) is 0 Å². The number of nitrogens with one attached hydrogen (secondary N) is 1. The number of hydrogen-bond donors (Lipinski definition) is 1. The van der Waals surface area contributed by atoms with Crippen LogP contribution in [0.15, 0.2) is 36.5 Å². The predicted molar refractivity (Wildman–Crippen MR) is 115 cm³/mol. The number of amides is 1. The molecule has 0 bridgehead atoms. The maximum absolute atomic E-state index is 13.2. The Balaban J connectivity index is 1.58. The Bertz CT molecular complexity index is 1100. The van der Waals surface area contributed by atoms with E-state index in [1.54, 1.807) is 23.9 Å². The van der Waals surface area contributed by atoms with Gasteiger partial charge in [-0.05, 0) is 58.1 Å². The molecule has 0 unspecified atom stereocenters. The van der Waals surface area contributed by atoms with Gasteiger partial charge in [0, 0.05) is 23.2 Å². The Hall–Kier alpha value is -3.22. The zero-order valence-corrected chi connectivity index (χ0v) is 17.5. The molecule has 1 aliphatic rings. The van der Waals surface area contributed by atoms with Gasteiger partial charge in [0.05, 0.1) is 17.3 Å². The van der Waals surface area contributed by atoms with Crippen molar-refractivity contribution in [2.75, 3.05) is 5.32 Å². The minimum atomic E-state index is -0.945. The number of rotatable bonds is 5. The molecule has 0 spiro atoms. The van der Waals surface area contributed by atoms with E-state index < -0.39 is 18.0 Å². The van der Waals surface area contributed by atoms with Crippen LogP contribution in [0.3, 0.4) is 0 Å². The number of benzene rings is 1. The lowest BCUT2D eigenvalue weighted by Gasteiger charge is -2.21. The van der Waals surface area contributed by atoms with Gasteiger partial charge in [-0.3, -0.25) is 9.78 Å². The van der Waals surface area contributed by atoms with Crippen molar-refractivity contribution in [1.82, 2.24) is 14.8 Å². The summed E-state index contributed by atoms with van der Waals surface area (Å²) in [5.74, 6) is -0.297. The van der Waals surface area contributed by atoms with Gasteiger partial charge in [0.15, 0.2) is 6.10 Å². The average Bonchev–Trinajstić information content (AvgIpc) is 3.20. The molecule has 156 valence electrons. The molecule has 4 rings (SSSR count). The number of fused-ring (bicyclic) bond motifs is 2. The minimum absolute atomic E-state index is 0.0999. The topological polar surface area (TPSA) is 86.1 Å². The molecule has 3 aromatic rings. The fourth-order valence-electron chi connectivity index (χ4n) is 3.93. The summed E-state index contributed by atoms with van der Waals surface area (Å²) in [6.45, 7) is 5.53. The quantitative estimate of drug-likeness (QED) is 0.646. The van der Waals surface area contributed by atoms with E-state index in [1.165, 1.54) is 0 Å². The predicted octanol–water partition coefficient (Wildman–Crippen LogP) is 4.08. The molecule has 1 atom stereocenters. The standard InChI is InChI=1S/C23H26N4O3/c1-14(2)27-20(12-13-24-27)26-22(28)15(3)30-23(29)21-16-8-4-6-10-18(16)25-19-11-7-5-9-17(19)21/h4,6,8,10,12-15H,5,7,9,11H2,1-3H3,(H,26,28)/t15-/m1/s1. The van der Waals surface area contributed by atoms with E-state index in [-0.39, 0.29) is 6.04 Å². The number of nitrogens with zero attached hydrogens (tertiary/aromatic N) is 3. The van der Waals surface area contributed by atoms with Gasteiger partial charge in [0.25, 0.3) is 5.91 Å². The summed E-state index contributed by atoms with van der Waals surface area (Å²) in [5.41, 5.74) is 3.24. The Kier molecular flexibility index (Phi) is 5.53. The smallest absolute Gasteiger partial charge is 0.339 e. The highest BCUT2D eigenvalue weighted by molar-refractivity contribution is 6.06. The molecule has 7 heteroatoms. The first kappa shape index (κ1) is 20.1. The van der Waals surface area contributed by atoms with Gasteiger partial charge >= 0.3 is 5.97 Å². The van der Waals surface area contributed by atoms with Crippen molar-refractivity contribution in [1.29, 1.82) is 0 Å². The number of anilines is 1. The molecule has 0 saturated carbocycles. The van der Waals surface area contributed by atoms with Gasteiger partial charge < -0.3 is 10.1 Å². The Morgan fingerprint density at radius 3 is 2.67 bits per heavy atom. The van der Waals surface area contributed by atoms with Crippen LogP contribution in [0, 0.1) is 0 Å². The van der Waals surface area contributed by atoms with Crippen LogP contribution < -0.4 is 5.32 Å². The van der Waals surface area contributed by atoms with E-state index >= 15 is 0 Å². The lowest BCUT2D eigenvalue weighted by molar-refractivity contribution is -0.123. The minimum Gasteiger partial charge on any atom is -0.449 e. The van der Waals surface area contributed by atoms with Crippen LogP contribution in [0.25, 0.3) is 10.9 Å². The van der Waals surface area contributed by atoms with Crippen LogP contribution in [-0.4, -0.2) is 32.7 Å². The molecule has 0 radical (unpaired) electrons. The van der Waals surface area contributed by atoms with Crippen LogP contribution in [0.5, 0.6) is 0 Å². The number of aromatic nitrogens is 3. The number of carbonyl (C=O) groups excluding carboxylic acids is 2. The van der Waals surface area contributed by atoms with Crippen LogP contribution in [0.1, 0.15) is 61.3 Å². The number of pyridine rings is 1. The van der Waals surface area contributed by atoms with Crippen molar-refractivity contribution in [2.24, 2.45) is 0 Å². The van der Waals surface area contributed by atoms with Crippen molar-refractivity contribution >= 4 is 28.6 Å². The van der Waals surface area contributed by atoms with Gasteiger partial charge in [-0.2, -0.15) is 5.10 Å². The molecular formula is C23H26N4O3. The highest BCUT2D eigenvalue weighted by Gasteiger charge is 2.27. The van der Waals surface area contributed by atoms with Crippen molar-refractivity contribution in [3.8, 4) is 0 Å². The maximum atomic E-state index is 13.2. The van der Waals surface area contributed by atoms with Crippen molar-refractivity contribution in [3.63, 3.8) is 0 Å². The van der Waals surface area contributed by atoms with E-state index in [0.29, 0.717) is 11.4 Å². The zero-order chi connectivity index (χ0) is 21.3. The maximum Gasteiger partial charge on any atom is 0.339 e. The highest BCUT2D eigenvalue weighted by atomic mass is 16.5. The third-order valence-electron chi connectivity index (χ3n) is 5.44. The summed E-state index contributed by atoms with van der Waals surface area (Å²) < 4.78 is 7.32. The van der Waals surface area contributed by atoms with Gasteiger partial charge in [-0.15, -0.1) is 0 Å². The molecule has 0 fully saturated rings. The molecule has 30 heavy (non-hydrogen) atoms. The lowest BCUT2D eigenvalue weighted by atomic mass is 9.90. The number of carbonyl (C=O) groups is 2. The van der Waals surface area contributed by atoms with E-state index in [4.69, 9.17) is 9.72 Å². The third-order valence-corrected chi connectivity index (χ3v) is 5.44. The summed E-state index contributed by atoms with van der Waals surface area (Å²) in [4.78, 5) is 30.6. The first-order valence-electron chi connectivity index (χ1n) is 10.4. The van der Waals surface area contributed by atoms with E-state index in [1.807, 2.05) is 38.1 Å². The fraction of sp³-hybridized carbons (Fsp3) is 0.391. The third kappa shape index (κ3) is 3.79. The summed E-state index contributed by atoms with van der Waals surface area (Å²) in [6, 6.07) is 9.42. The molecule has 2 heterocycles. The van der Waals surface area contributed by atoms with Gasteiger partial charge in [-0.1, -0.05) is 18.2 Å². The largest absolute Gasteiger partial charge is 0.449 e. The van der Waals surface area contributed by atoms with Crippen LogP contribution in [0.4, 0.5) is 5.82 Å². The number of hydrogen-bond acceptors (Lipinski definition) is 5. The fourth-order valence-corrected chi connectivity index (χ4v) is 3.93. The second-order valence-corrected chi connectivity index (χ2v) is 7.93. The van der Waals surface area contributed by atoms with Crippen molar-refractivity contribution in [3.05, 3.63) is 53.3 Å². The van der Waals surface area contributed by atoms with Crippen LogP contribution in [-0.2, 0) is 22.4 Å².